The number of carbonyl (C=O) groups excluding carboxylic acids is 1. The largest absolute Gasteiger partial charge is 0.454 e. The Kier molecular flexibility index (Phi) is 5.31. The lowest BCUT2D eigenvalue weighted by molar-refractivity contribution is -0.121. The number of hydrogen-bond donors (Lipinski definition) is 1. The van der Waals surface area contributed by atoms with E-state index in [0.29, 0.717) is 13.0 Å². The number of carbonyl (C=O) groups is 1. The van der Waals surface area contributed by atoms with Gasteiger partial charge in [0, 0.05) is 43.0 Å². The third kappa shape index (κ3) is 3.94. The first-order chi connectivity index (χ1) is 15.6. The summed E-state index contributed by atoms with van der Waals surface area (Å²) in [6.45, 7) is 2.77. The van der Waals surface area contributed by atoms with Crippen molar-refractivity contribution in [2.75, 3.05) is 6.79 Å². The topological polar surface area (TPSA) is 52.5 Å². The highest BCUT2D eigenvalue weighted by Gasteiger charge is 2.22. The molecule has 1 aliphatic rings. The van der Waals surface area contributed by atoms with Gasteiger partial charge in [0.05, 0.1) is 0 Å². The number of benzene rings is 3. The van der Waals surface area contributed by atoms with Gasteiger partial charge >= 0.3 is 0 Å². The third-order valence-electron chi connectivity index (χ3n) is 6.10. The fourth-order valence-corrected chi connectivity index (χ4v) is 4.37. The summed E-state index contributed by atoms with van der Waals surface area (Å²) in [5.41, 5.74) is 5.67. The number of nitrogens with zero attached hydrogens (tertiary/aromatic N) is 1. The molecule has 0 fully saturated rings. The van der Waals surface area contributed by atoms with Gasteiger partial charge < -0.3 is 19.4 Å². The van der Waals surface area contributed by atoms with E-state index in [-0.39, 0.29) is 18.6 Å². The van der Waals surface area contributed by atoms with Crippen LogP contribution in [0.4, 0.5) is 0 Å². The molecule has 1 aromatic heterocycles. The van der Waals surface area contributed by atoms with Crippen molar-refractivity contribution in [1.82, 2.24) is 9.88 Å². The van der Waals surface area contributed by atoms with Crippen molar-refractivity contribution >= 4 is 16.8 Å². The zero-order valence-electron chi connectivity index (χ0n) is 18.3. The molecule has 4 aromatic rings. The number of para-hydroxylation sites is 1. The van der Waals surface area contributed by atoms with E-state index in [4.69, 9.17) is 9.47 Å². The lowest BCUT2D eigenvalue weighted by atomic mass is 9.87. The molecule has 162 valence electrons. The SMILES string of the molecule is Cc1ccc([C@H](CC(=O)NCc2ccc3c(c2)OCO3)c2cn(C)c3ccccc23)cc1. The molecule has 32 heavy (non-hydrogen) atoms. The zero-order valence-corrected chi connectivity index (χ0v) is 18.3. The van der Waals surface area contributed by atoms with Crippen molar-refractivity contribution in [3.05, 3.63) is 95.2 Å². The van der Waals surface area contributed by atoms with Crippen LogP contribution < -0.4 is 14.8 Å². The molecule has 0 aliphatic carbocycles. The second kappa shape index (κ2) is 8.42. The van der Waals surface area contributed by atoms with Crippen LogP contribution in [0.5, 0.6) is 11.5 Å². The van der Waals surface area contributed by atoms with E-state index in [1.807, 2.05) is 24.3 Å². The van der Waals surface area contributed by atoms with Gasteiger partial charge in [0.1, 0.15) is 0 Å². The summed E-state index contributed by atoms with van der Waals surface area (Å²) >= 11 is 0. The number of hydrogen-bond acceptors (Lipinski definition) is 3. The first-order valence-corrected chi connectivity index (χ1v) is 10.8. The minimum absolute atomic E-state index is 0.0150. The zero-order chi connectivity index (χ0) is 22.1. The van der Waals surface area contributed by atoms with E-state index in [1.54, 1.807) is 0 Å². The second-order valence-electron chi connectivity index (χ2n) is 8.34. The van der Waals surface area contributed by atoms with Crippen LogP contribution in [0.25, 0.3) is 10.9 Å². The lowest BCUT2D eigenvalue weighted by Crippen LogP contribution is -2.25. The van der Waals surface area contributed by atoms with Crippen LogP contribution in [-0.2, 0) is 18.4 Å². The molecule has 2 heterocycles. The fourth-order valence-electron chi connectivity index (χ4n) is 4.37. The number of rotatable bonds is 6. The molecular formula is C27H26N2O3. The molecule has 0 saturated heterocycles. The third-order valence-corrected chi connectivity index (χ3v) is 6.10. The van der Waals surface area contributed by atoms with Crippen LogP contribution >= 0.6 is 0 Å². The van der Waals surface area contributed by atoms with Crippen molar-refractivity contribution < 1.29 is 14.3 Å². The van der Waals surface area contributed by atoms with Crippen LogP contribution in [0, 0.1) is 6.92 Å². The minimum Gasteiger partial charge on any atom is -0.454 e. The van der Waals surface area contributed by atoms with Crippen molar-refractivity contribution in [3.63, 3.8) is 0 Å². The van der Waals surface area contributed by atoms with Gasteiger partial charge in [0.15, 0.2) is 11.5 Å². The number of aromatic nitrogens is 1. The molecule has 0 saturated carbocycles. The molecule has 5 nitrogen and oxygen atoms in total. The maximum atomic E-state index is 13.0. The molecule has 5 rings (SSSR count). The van der Waals surface area contributed by atoms with Crippen LogP contribution in [-0.4, -0.2) is 17.3 Å². The first kappa shape index (κ1) is 20.2. The molecule has 1 amide bonds. The van der Waals surface area contributed by atoms with Crippen LogP contribution in [0.3, 0.4) is 0 Å². The fraction of sp³-hybridized carbons (Fsp3) is 0.222. The summed E-state index contributed by atoms with van der Waals surface area (Å²) < 4.78 is 12.9. The molecule has 1 N–H and O–H groups in total. The van der Waals surface area contributed by atoms with E-state index < -0.39 is 0 Å². The van der Waals surface area contributed by atoms with Crippen molar-refractivity contribution in [2.24, 2.45) is 7.05 Å². The molecule has 1 atom stereocenters. The maximum Gasteiger partial charge on any atom is 0.231 e. The van der Waals surface area contributed by atoms with E-state index in [1.165, 1.54) is 22.0 Å². The summed E-state index contributed by atoms with van der Waals surface area (Å²) in [7, 11) is 2.05. The second-order valence-corrected chi connectivity index (χ2v) is 8.34. The molecule has 0 bridgehead atoms. The number of fused-ring (bicyclic) bond motifs is 2. The quantitative estimate of drug-likeness (QED) is 0.469. The van der Waals surface area contributed by atoms with E-state index in [2.05, 4.69) is 72.5 Å². The summed E-state index contributed by atoms with van der Waals surface area (Å²) in [6, 6.07) is 22.6. The number of nitrogens with one attached hydrogen (secondary N) is 1. The summed E-state index contributed by atoms with van der Waals surface area (Å²) in [4.78, 5) is 13.0. The Morgan fingerprint density at radius 2 is 1.81 bits per heavy atom. The highest BCUT2D eigenvalue weighted by molar-refractivity contribution is 5.86. The van der Waals surface area contributed by atoms with Gasteiger partial charge in [-0.2, -0.15) is 0 Å². The lowest BCUT2D eigenvalue weighted by Gasteiger charge is -2.18. The molecule has 3 aromatic carbocycles. The van der Waals surface area contributed by atoms with Gasteiger partial charge in [-0.05, 0) is 41.8 Å². The standard InChI is InChI=1S/C27H26N2O3/c1-18-7-10-20(11-8-18)22(23-16-29(2)24-6-4-3-5-21(23)24)14-27(30)28-15-19-9-12-25-26(13-19)32-17-31-25/h3-13,16,22H,14-15,17H2,1-2H3,(H,28,30)/t22-/m0/s1. The average Bonchev–Trinajstić information content (AvgIpc) is 3.41. The number of aryl methyl sites for hydroxylation is 2. The first-order valence-electron chi connectivity index (χ1n) is 10.8. The Labute approximate surface area is 187 Å². The Morgan fingerprint density at radius 1 is 1.03 bits per heavy atom. The molecule has 1 aliphatic heterocycles. The normalized spacial score (nSPS) is 13.3. The molecule has 0 unspecified atom stereocenters. The van der Waals surface area contributed by atoms with Crippen LogP contribution in [0.1, 0.15) is 34.6 Å². The Balaban J connectivity index is 1.39. The average molecular weight is 427 g/mol. The summed E-state index contributed by atoms with van der Waals surface area (Å²) in [5.74, 6) is 1.46. The number of amides is 1. The van der Waals surface area contributed by atoms with Crippen molar-refractivity contribution in [3.8, 4) is 11.5 Å². The van der Waals surface area contributed by atoms with Gasteiger partial charge in [-0.15, -0.1) is 0 Å². The van der Waals surface area contributed by atoms with Gasteiger partial charge in [0.2, 0.25) is 12.7 Å². The summed E-state index contributed by atoms with van der Waals surface area (Å²) in [5, 5.41) is 4.27. The van der Waals surface area contributed by atoms with E-state index >= 15 is 0 Å². The van der Waals surface area contributed by atoms with Gasteiger partial charge in [-0.1, -0.05) is 54.1 Å². The summed E-state index contributed by atoms with van der Waals surface area (Å²) in [6.07, 6.45) is 2.53. The molecule has 0 radical (unpaired) electrons. The van der Waals surface area contributed by atoms with Crippen LogP contribution in [0.15, 0.2) is 72.9 Å². The van der Waals surface area contributed by atoms with E-state index in [0.717, 1.165) is 22.6 Å². The molecular weight excluding hydrogens is 400 g/mol. The van der Waals surface area contributed by atoms with Crippen LogP contribution in [0.2, 0.25) is 0 Å². The maximum absolute atomic E-state index is 13.0. The molecule has 5 heteroatoms. The Bertz CT molecular complexity index is 1270. The van der Waals surface area contributed by atoms with Crippen molar-refractivity contribution in [2.45, 2.75) is 25.8 Å². The predicted molar refractivity (Wildman–Crippen MR) is 125 cm³/mol. The monoisotopic (exact) mass is 426 g/mol. The highest BCUT2D eigenvalue weighted by atomic mass is 16.7. The van der Waals surface area contributed by atoms with E-state index in [9.17, 15) is 4.79 Å². The Morgan fingerprint density at radius 3 is 2.66 bits per heavy atom. The van der Waals surface area contributed by atoms with Gasteiger partial charge in [-0.25, -0.2) is 0 Å². The Hall–Kier alpha value is -3.73. The molecule has 0 spiro atoms. The van der Waals surface area contributed by atoms with Gasteiger partial charge in [0.25, 0.3) is 0 Å². The minimum atomic E-state index is -0.0292. The predicted octanol–water partition coefficient (Wildman–Crippen LogP) is 5.05. The smallest absolute Gasteiger partial charge is 0.231 e. The highest BCUT2D eigenvalue weighted by Crippen LogP contribution is 2.35. The van der Waals surface area contributed by atoms with Crippen molar-refractivity contribution in [1.29, 1.82) is 0 Å². The van der Waals surface area contributed by atoms with Gasteiger partial charge in [-0.3, -0.25) is 4.79 Å². The number of ether oxygens (including phenoxy) is 2.